The van der Waals surface area contributed by atoms with Gasteiger partial charge < -0.3 is 4.74 Å². The van der Waals surface area contributed by atoms with E-state index in [0.29, 0.717) is 12.8 Å². The molecule has 0 aliphatic heterocycles. The molecule has 0 spiro atoms. The topological polar surface area (TPSA) is 43.4 Å². The Morgan fingerprint density at radius 1 is 1.31 bits per heavy atom. The molecule has 0 fully saturated rings. The average Bonchev–Trinajstić information content (AvgIpc) is 2.14. The number of carbonyl (C=O) groups excluding carboxylic acids is 2. The van der Waals surface area contributed by atoms with Gasteiger partial charge >= 0.3 is 5.97 Å². The molecule has 0 saturated carbocycles. The molecule has 3 nitrogen and oxygen atoms in total. The minimum atomic E-state index is -0.247. The van der Waals surface area contributed by atoms with Crippen LogP contribution in [0.25, 0.3) is 0 Å². The zero-order valence-corrected chi connectivity index (χ0v) is 8.79. The Bertz CT molecular complexity index is 187. The first-order valence-corrected chi connectivity index (χ1v) is 4.62. The van der Waals surface area contributed by atoms with E-state index in [1.165, 1.54) is 7.11 Å². The van der Waals surface area contributed by atoms with E-state index in [2.05, 4.69) is 4.74 Å². The fraction of sp³-hybridized carbons (Fsp3) is 0.800. The number of hydrogen-bond acceptors (Lipinski definition) is 3. The van der Waals surface area contributed by atoms with Gasteiger partial charge in [-0.1, -0.05) is 20.8 Å². The first kappa shape index (κ1) is 12.1. The number of ketones is 1. The SMILES string of the molecule is CCC(=O)[C@H](C)[C@@H](C)CC(=O)OC. The van der Waals surface area contributed by atoms with Crippen molar-refractivity contribution < 1.29 is 14.3 Å². The summed E-state index contributed by atoms with van der Waals surface area (Å²) < 4.78 is 4.53. The molecule has 0 aliphatic rings. The van der Waals surface area contributed by atoms with Gasteiger partial charge in [0.25, 0.3) is 0 Å². The monoisotopic (exact) mass is 186 g/mol. The van der Waals surface area contributed by atoms with Crippen molar-refractivity contribution >= 4 is 11.8 Å². The van der Waals surface area contributed by atoms with Crippen LogP contribution in [0.1, 0.15) is 33.6 Å². The van der Waals surface area contributed by atoms with Gasteiger partial charge in [0.05, 0.1) is 7.11 Å². The lowest BCUT2D eigenvalue weighted by molar-refractivity contribution is -0.142. The molecule has 0 unspecified atom stereocenters. The van der Waals surface area contributed by atoms with Crippen molar-refractivity contribution in [3.63, 3.8) is 0 Å². The predicted molar refractivity (Wildman–Crippen MR) is 50.3 cm³/mol. The minimum absolute atomic E-state index is 0.0518. The van der Waals surface area contributed by atoms with E-state index in [1.54, 1.807) is 0 Å². The van der Waals surface area contributed by atoms with Crippen LogP contribution >= 0.6 is 0 Å². The van der Waals surface area contributed by atoms with Crippen molar-refractivity contribution in [1.82, 2.24) is 0 Å². The molecule has 0 bridgehead atoms. The van der Waals surface area contributed by atoms with Crippen LogP contribution in [-0.4, -0.2) is 18.9 Å². The van der Waals surface area contributed by atoms with Crippen molar-refractivity contribution in [2.75, 3.05) is 7.11 Å². The molecule has 0 aliphatic carbocycles. The van der Waals surface area contributed by atoms with E-state index in [4.69, 9.17) is 0 Å². The molecule has 0 N–H and O–H groups in total. The van der Waals surface area contributed by atoms with Crippen molar-refractivity contribution in [1.29, 1.82) is 0 Å². The number of Topliss-reactive ketones (excluding diaryl/α,β-unsaturated/α-hetero) is 1. The highest BCUT2D eigenvalue weighted by Gasteiger charge is 2.21. The molecule has 3 heteroatoms. The molecular weight excluding hydrogens is 168 g/mol. The summed E-state index contributed by atoms with van der Waals surface area (Å²) in [6.07, 6.45) is 0.857. The van der Waals surface area contributed by atoms with Crippen LogP contribution < -0.4 is 0 Å². The third kappa shape index (κ3) is 4.06. The Hall–Kier alpha value is -0.860. The van der Waals surface area contributed by atoms with E-state index >= 15 is 0 Å². The molecule has 0 heterocycles. The van der Waals surface area contributed by atoms with Gasteiger partial charge in [-0.2, -0.15) is 0 Å². The number of methoxy groups -OCH3 is 1. The number of hydrogen-bond donors (Lipinski definition) is 0. The summed E-state index contributed by atoms with van der Waals surface area (Å²) >= 11 is 0. The third-order valence-electron chi connectivity index (χ3n) is 2.43. The molecule has 0 radical (unpaired) electrons. The Morgan fingerprint density at radius 2 is 1.85 bits per heavy atom. The van der Waals surface area contributed by atoms with Crippen LogP contribution in [0.3, 0.4) is 0 Å². The first-order valence-electron chi connectivity index (χ1n) is 4.62. The van der Waals surface area contributed by atoms with Crippen LogP contribution in [0.2, 0.25) is 0 Å². The summed E-state index contributed by atoms with van der Waals surface area (Å²) in [5, 5.41) is 0. The quantitative estimate of drug-likeness (QED) is 0.615. The maximum Gasteiger partial charge on any atom is 0.305 e. The van der Waals surface area contributed by atoms with Crippen molar-refractivity contribution in [3.05, 3.63) is 0 Å². The smallest absolute Gasteiger partial charge is 0.305 e. The molecule has 76 valence electrons. The zero-order chi connectivity index (χ0) is 10.4. The number of ether oxygens (including phenoxy) is 1. The summed E-state index contributed by atoms with van der Waals surface area (Å²) in [6.45, 7) is 5.60. The van der Waals surface area contributed by atoms with Crippen LogP contribution in [0.4, 0.5) is 0 Å². The van der Waals surface area contributed by atoms with Crippen LogP contribution in [-0.2, 0) is 14.3 Å². The normalized spacial score (nSPS) is 14.8. The molecule has 0 aromatic heterocycles. The summed E-state index contributed by atoms with van der Waals surface area (Å²) in [6, 6.07) is 0. The molecule has 0 amide bonds. The highest BCUT2D eigenvalue weighted by atomic mass is 16.5. The second-order valence-corrected chi connectivity index (χ2v) is 3.37. The maximum absolute atomic E-state index is 11.3. The molecule has 0 saturated heterocycles. The Kier molecular flexibility index (Phi) is 5.35. The second-order valence-electron chi connectivity index (χ2n) is 3.37. The van der Waals surface area contributed by atoms with Crippen molar-refractivity contribution in [2.45, 2.75) is 33.6 Å². The van der Waals surface area contributed by atoms with E-state index in [0.717, 1.165) is 0 Å². The number of rotatable bonds is 5. The van der Waals surface area contributed by atoms with E-state index < -0.39 is 0 Å². The molecule has 0 rings (SSSR count). The fourth-order valence-electron chi connectivity index (χ4n) is 1.16. The largest absolute Gasteiger partial charge is 0.469 e. The minimum Gasteiger partial charge on any atom is -0.469 e. The van der Waals surface area contributed by atoms with Gasteiger partial charge in [-0.3, -0.25) is 9.59 Å². The van der Waals surface area contributed by atoms with E-state index in [9.17, 15) is 9.59 Å². The Balaban J connectivity index is 4.02. The zero-order valence-electron chi connectivity index (χ0n) is 8.79. The highest BCUT2D eigenvalue weighted by molar-refractivity contribution is 5.81. The highest BCUT2D eigenvalue weighted by Crippen LogP contribution is 2.17. The standard InChI is InChI=1S/C10H18O3/c1-5-9(11)8(3)7(2)6-10(12)13-4/h7-8H,5-6H2,1-4H3/t7-,8+/m0/s1. The average molecular weight is 186 g/mol. The Morgan fingerprint density at radius 3 is 2.23 bits per heavy atom. The summed E-state index contributed by atoms with van der Waals surface area (Å²) in [5.41, 5.74) is 0. The van der Waals surface area contributed by atoms with Gasteiger partial charge in [0.15, 0.2) is 0 Å². The third-order valence-corrected chi connectivity index (χ3v) is 2.43. The molecular formula is C10H18O3. The van der Waals surface area contributed by atoms with Gasteiger partial charge in [0, 0.05) is 18.8 Å². The first-order chi connectivity index (χ1) is 6.02. The van der Waals surface area contributed by atoms with E-state index in [1.807, 2.05) is 20.8 Å². The van der Waals surface area contributed by atoms with Crippen LogP contribution in [0, 0.1) is 11.8 Å². The molecule has 2 atom stereocenters. The molecule has 13 heavy (non-hydrogen) atoms. The second kappa shape index (κ2) is 5.73. The summed E-state index contributed by atoms with van der Waals surface area (Å²) in [4.78, 5) is 22.2. The lowest BCUT2D eigenvalue weighted by Crippen LogP contribution is -2.21. The van der Waals surface area contributed by atoms with Gasteiger partial charge in [0.1, 0.15) is 5.78 Å². The van der Waals surface area contributed by atoms with Crippen LogP contribution in [0.5, 0.6) is 0 Å². The summed E-state index contributed by atoms with van der Waals surface area (Å²) in [7, 11) is 1.36. The lowest BCUT2D eigenvalue weighted by atomic mass is 9.88. The van der Waals surface area contributed by atoms with E-state index in [-0.39, 0.29) is 23.6 Å². The van der Waals surface area contributed by atoms with Gasteiger partial charge in [0.2, 0.25) is 0 Å². The maximum atomic E-state index is 11.3. The number of carbonyl (C=O) groups is 2. The predicted octanol–water partition coefficient (Wildman–Crippen LogP) is 1.80. The van der Waals surface area contributed by atoms with Gasteiger partial charge in [-0.15, -0.1) is 0 Å². The van der Waals surface area contributed by atoms with Crippen LogP contribution in [0.15, 0.2) is 0 Å². The lowest BCUT2D eigenvalue weighted by Gasteiger charge is -2.16. The fourth-order valence-corrected chi connectivity index (χ4v) is 1.16. The van der Waals surface area contributed by atoms with Crippen molar-refractivity contribution in [2.24, 2.45) is 11.8 Å². The van der Waals surface area contributed by atoms with Crippen molar-refractivity contribution in [3.8, 4) is 0 Å². The molecule has 0 aromatic carbocycles. The summed E-state index contributed by atoms with van der Waals surface area (Å²) in [5.74, 6) is -0.0244. The Labute approximate surface area is 79.5 Å². The van der Waals surface area contributed by atoms with Gasteiger partial charge in [-0.25, -0.2) is 0 Å². The molecule has 0 aromatic rings. The van der Waals surface area contributed by atoms with Gasteiger partial charge in [-0.05, 0) is 5.92 Å². The number of esters is 1.